The summed E-state index contributed by atoms with van der Waals surface area (Å²) in [6.07, 6.45) is 10.0. The molecule has 0 atom stereocenters. The standard InChI is InChI=1S/C16H27N3O/c1-3-7-14-15(17-10-4-2)18-12-19-16(14)20-11-13-8-5-6-9-13/h12-13H,3-11H2,1-2H3,(H,17,18,19). The number of nitrogens with one attached hydrogen (secondary N) is 1. The highest BCUT2D eigenvalue weighted by atomic mass is 16.5. The van der Waals surface area contributed by atoms with Crippen molar-refractivity contribution >= 4 is 5.82 Å². The molecule has 1 aliphatic rings. The number of rotatable bonds is 8. The van der Waals surface area contributed by atoms with Crippen LogP contribution in [0.2, 0.25) is 0 Å². The Bertz CT molecular complexity index is 403. The molecule has 1 aromatic heterocycles. The van der Waals surface area contributed by atoms with Gasteiger partial charge in [-0.3, -0.25) is 0 Å². The SMILES string of the molecule is CCCNc1ncnc(OCC2CCCC2)c1CCC. The van der Waals surface area contributed by atoms with Gasteiger partial charge in [-0.2, -0.15) is 0 Å². The third kappa shape index (κ3) is 4.09. The summed E-state index contributed by atoms with van der Waals surface area (Å²) in [5.41, 5.74) is 1.14. The Morgan fingerprint density at radius 1 is 1.20 bits per heavy atom. The molecule has 0 bridgehead atoms. The van der Waals surface area contributed by atoms with Crippen molar-refractivity contribution in [3.05, 3.63) is 11.9 Å². The number of hydrogen-bond acceptors (Lipinski definition) is 4. The van der Waals surface area contributed by atoms with Crippen LogP contribution >= 0.6 is 0 Å². The van der Waals surface area contributed by atoms with Crippen molar-refractivity contribution in [2.75, 3.05) is 18.5 Å². The van der Waals surface area contributed by atoms with E-state index in [1.807, 2.05) is 0 Å². The van der Waals surface area contributed by atoms with Crippen molar-refractivity contribution in [2.45, 2.75) is 58.8 Å². The van der Waals surface area contributed by atoms with Crippen LogP contribution in [0.5, 0.6) is 5.88 Å². The topological polar surface area (TPSA) is 47.0 Å². The van der Waals surface area contributed by atoms with E-state index in [1.54, 1.807) is 6.33 Å². The van der Waals surface area contributed by atoms with E-state index >= 15 is 0 Å². The summed E-state index contributed by atoms with van der Waals surface area (Å²) in [5.74, 6) is 2.45. The Balaban J connectivity index is 2.04. The molecule has 1 aromatic rings. The third-order valence-electron chi connectivity index (χ3n) is 3.88. The molecule has 20 heavy (non-hydrogen) atoms. The van der Waals surface area contributed by atoms with E-state index in [9.17, 15) is 0 Å². The van der Waals surface area contributed by atoms with E-state index in [4.69, 9.17) is 4.74 Å². The summed E-state index contributed by atoms with van der Waals surface area (Å²) in [6, 6.07) is 0. The van der Waals surface area contributed by atoms with Gasteiger partial charge in [-0.25, -0.2) is 9.97 Å². The van der Waals surface area contributed by atoms with Gasteiger partial charge < -0.3 is 10.1 Å². The van der Waals surface area contributed by atoms with Crippen LogP contribution in [0.15, 0.2) is 6.33 Å². The summed E-state index contributed by atoms with van der Waals surface area (Å²) in [4.78, 5) is 8.73. The zero-order valence-corrected chi connectivity index (χ0v) is 12.8. The highest BCUT2D eigenvalue weighted by molar-refractivity contribution is 5.48. The van der Waals surface area contributed by atoms with Gasteiger partial charge >= 0.3 is 0 Å². The molecule has 1 saturated carbocycles. The van der Waals surface area contributed by atoms with Crippen molar-refractivity contribution in [3.8, 4) is 5.88 Å². The molecule has 0 spiro atoms. The fourth-order valence-electron chi connectivity index (χ4n) is 2.77. The van der Waals surface area contributed by atoms with Crippen LogP contribution in [0.3, 0.4) is 0 Å². The second kappa shape index (κ2) is 8.08. The average Bonchev–Trinajstić information content (AvgIpc) is 2.98. The second-order valence-corrected chi connectivity index (χ2v) is 5.64. The zero-order valence-electron chi connectivity index (χ0n) is 12.8. The molecule has 0 radical (unpaired) electrons. The van der Waals surface area contributed by atoms with Gasteiger partial charge in [0.2, 0.25) is 5.88 Å². The Morgan fingerprint density at radius 2 is 2.00 bits per heavy atom. The summed E-state index contributed by atoms with van der Waals surface area (Å²) in [6.45, 7) is 6.08. The zero-order chi connectivity index (χ0) is 14.2. The van der Waals surface area contributed by atoms with Gasteiger partial charge in [0.15, 0.2) is 0 Å². The molecule has 0 aromatic carbocycles. The Hall–Kier alpha value is -1.32. The van der Waals surface area contributed by atoms with Crippen LogP contribution in [-0.4, -0.2) is 23.1 Å². The number of aromatic nitrogens is 2. The molecule has 2 rings (SSSR count). The predicted octanol–water partition coefficient (Wildman–Crippen LogP) is 3.82. The van der Waals surface area contributed by atoms with Crippen LogP contribution in [0.4, 0.5) is 5.82 Å². The van der Waals surface area contributed by atoms with Crippen LogP contribution in [-0.2, 0) is 6.42 Å². The van der Waals surface area contributed by atoms with Gasteiger partial charge in [-0.1, -0.05) is 33.1 Å². The third-order valence-corrected chi connectivity index (χ3v) is 3.88. The summed E-state index contributed by atoms with van der Waals surface area (Å²) >= 11 is 0. The lowest BCUT2D eigenvalue weighted by Gasteiger charge is -2.16. The van der Waals surface area contributed by atoms with Crippen LogP contribution in [0, 0.1) is 5.92 Å². The highest BCUT2D eigenvalue weighted by Crippen LogP contribution is 2.28. The Kier molecular flexibility index (Phi) is 6.09. The summed E-state index contributed by atoms with van der Waals surface area (Å²) in [5, 5.41) is 3.38. The molecule has 1 N–H and O–H groups in total. The van der Waals surface area contributed by atoms with E-state index in [-0.39, 0.29) is 0 Å². The van der Waals surface area contributed by atoms with Crippen LogP contribution in [0.1, 0.15) is 57.9 Å². The van der Waals surface area contributed by atoms with E-state index in [0.717, 1.165) is 49.7 Å². The largest absolute Gasteiger partial charge is 0.477 e. The first-order valence-electron chi connectivity index (χ1n) is 8.05. The quantitative estimate of drug-likeness (QED) is 0.784. The van der Waals surface area contributed by atoms with Crippen molar-refractivity contribution in [2.24, 2.45) is 5.92 Å². The van der Waals surface area contributed by atoms with Crippen molar-refractivity contribution < 1.29 is 4.74 Å². The van der Waals surface area contributed by atoms with Gasteiger partial charge in [0.1, 0.15) is 12.1 Å². The molecule has 0 saturated heterocycles. The first-order valence-corrected chi connectivity index (χ1v) is 8.05. The lowest BCUT2D eigenvalue weighted by atomic mass is 10.1. The molecule has 1 fully saturated rings. The number of nitrogens with zero attached hydrogens (tertiary/aromatic N) is 2. The average molecular weight is 277 g/mol. The van der Waals surface area contributed by atoms with Gasteiger partial charge in [0.25, 0.3) is 0 Å². The fraction of sp³-hybridized carbons (Fsp3) is 0.750. The van der Waals surface area contributed by atoms with E-state index in [0.29, 0.717) is 5.92 Å². The first-order chi connectivity index (χ1) is 9.85. The minimum atomic E-state index is 0.714. The molecule has 1 aliphatic carbocycles. The van der Waals surface area contributed by atoms with E-state index in [2.05, 4.69) is 29.1 Å². The summed E-state index contributed by atoms with van der Waals surface area (Å²) in [7, 11) is 0. The fourth-order valence-corrected chi connectivity index (χ4v) is 2.77. The highest BCUT2D eigenvalue weighted by Gasteiger charge is 2.18. The summed E-state index contributed by atoms with van der Waals surface area (Å²) < 4.78 is 6.00. The monoisotopic (exact) mass is 277 g/mol. The second-order valence-electron chi connectivity index (χ2n) is 5.64. The van der Waals surface area contributed by atoms with Crippen LogP contribution < -0.4 is 10.1 Å². The minimum absolute atomic E-state index is 0.714. The molecular weight excluding hydrogens is 250 g/mol. The van der Waals surface area contributed by atoms with Gasteiger partial charge in [0, 0.05) is 6.54 Å². The van der Waals surface area contributed by atoms with Crippen molar-refractivity contribution in [3.63, 3.8) is 0 Å². The van der Waals surface area contributed by atoms with Gasteiger partial charge in [-0.05, 0) is 31.6 Å². The molecule has 0 amide bonds. The van der Waals surface area contributed by atoms with Crippen molar-refractivity contribution in [1.82, 2.24) is 9.97 Å². The van der Waals surface area contributed by atoms with Gasteiger partial charge in [-0.15, -0.1) is 0 Å². The van der Waals surface area contributed by atoms with E-state index < -0.39 is 0 Å². The lowest BCUT2D eigenvalue weighted by molar-refractivity contribution is 0.241. The van der Waals surface area contributed by atoms with Gasteiger partial charge in [0.05, 0.1) is 12.2 Å². The van der Waals surface area contributed by atoms with E-state index in [1.165, 1.54) is 25.7 Å². The molecular formula is C16H27N3O. The Labute approximate surface area is 122 Å². The molecule has 0 aliphatic heterocycles. The molecule has 1 heterocycles. The van der Waals surface area contributed by atoms with Crippen LogP contribution in [0.25, 0.3) is 0 Å². The van der Waals surface area contributed by atoms with Crippen molar-refractivity contribution in [1.29, 1.82) is 0 Å². The maximum Gasteiger partial charge on any atom is 0.221 e. The predicted molar refractivity (Wildman–Crippen MR) is 82.3 cm³/mol. The number of anilines is 1. The number of ether oxygens (including phenoxy) is 1. The Morgan fingerprint density at radius 3 is 2.70 bits per heavy atom. The maximum atomic E-state index is 6.00. The smallest absolute Gasteiger partial charge is 0.221 e. The minimum Gasteiger partial charge on any atom is -0.477 e. The normalized spacial score (nSPS) is 15.5. The molecule has 4 heteroatoms. The first kappa shape index (κ1) is 15.1. The molecule has 0 unspecified atom stereocenters. The molecule has 4 nitrogen and oxygen atoms in total. The molecule has 112 valence electrons. The maximum absolute atomic E-state index is 6.00. The lowest BCUT2D eigenvalue weighted by Crippen LogP contribution is -2.13. The number of hydrogen-bond donors (Lipinski definition) is 1.